The van der Waals surface area contributed by atoms with E-state index < -0.39 is 0 Å². The molecular formula is C17H22N4OS. The van der Waals surface area contributed by atoms with E-state index in [1.54, 1.807) is 18.6 Å². The standard InChI is InChI=1S/C17H22N4OS/c1-3-15(23-8-1)11-21-7-2-4-17(13-21)9-14(12-22-17)20-16-10-18-5-6-19-16/h1,3,5-6,8,10,14H,2,4,7,9,11-13H2,(H,19,20)/t14-,17-/m0/s1. The second kappa shape index (κ2) is 6.55. The van der Waals surface area contributed by atoms with Gasteiger partial charge in [-0.2, -0.15) is 0 Å². The van der Waals surface area contributed by atoms with E-state index in [9.17, 15) is 0 Å². The molecule has 2 aliphatic heterocycles. The van der Waals surface area contributed by atoms with Crippen molar-refractivity contribution >= 4 is 17.2 Å². The molecule has 2 aromatic rings. The van der Waals surface area contributed by atoms with Crippen LogP contribution in [0.2, 0.25) is 0 Å². The molecule has 4 rings (SSSR count). The Morgan fingerprint density at radius 3 is 3.26 bits per heavy atom. The van der Waals surface area contributed by atoms with Gasteiger partial charge in [-0.1, -0.05) is 6.07 Å². The Bertz CT molecular complexity index is 621. The van der Waals surface area contributed by atoms with Crippen LogP contribution in [-0.4, -0.2) is 46.2 Å². The number of piperidine rings is 1. The Morgan fingerprint density at radius 1 is 1.43 bits per heavy atom. The second-order valence-electron chi connectivity index (χ2n) is 6.52. The molecule has 0 unspecified atom stereocenters. The van der Waals surface area contributed by atoms with Gasteiger partial charge in [0, 0.05) is 36.8 Å². The van der Waals surface area contributed by atoms with E-state index >= 15 is 0 Å². The zero-order chi connectivity index (χ0) is 15.5. The van der Waals surface area contributed by atoms with Crippen LogP contribution in [0.5, 0.6) is 0 Å². The van der Waals surface area contributed by atoms with Crippen molar-refractivity contribution in [3.63, 3.8) is 0 Å². The predicted octanol–water partition coefficient (Wildman–Crippen LogP) is 2.77. The van der Waals surface area contributed by atoms with E-state index in [0.717, 1.165) is 38.4 Å². The lowest BCUT2D eigenvalue weighted by Crippen LogP contribution is -2.47. The fourth-order valence-corrected chi connectivity index (χ4v) is 4.50. The molecular weight excluding hydrogens is 308 g/mol. The summed E-state index contributed by atoms with van der Waals surface area (Å²) >= 11 is 1.84. The molecule has 0 amide bonds. The lowest BCUT2D eigenvalue weighted by molar-refractivity contribution is -0.0531. The molecule has 6 heteroatoms. The Balaban J connectivity index is 1.37. The van der Waals surface area contributed by atoms with Gasteiger partial charge in [0.05, 0.1) is 24.4 Å². The van der Waals surface area contributed by atoms with Crippen LogP contribution in [0.3, 0.4) is 0 Å². The van der Waals surface area contributed by atoms with Gasteiger partial charge < -0.3 is 10.1 Å². The van der Waals surface area contributed by atoms with Crippen molar-refractivity contribution in [1.82, 2.24) is 14.9 Å². The van der Waals surface area contributed by atoms with Crippen LogP contribution in [0.4, 0.5) is 5.82 Å². The van der Waals surface area contributed by atoms with Crippen LogP contribution in [0.15, 0.2) is 36.1 Å². The van der Waals surface area contributed by atoms with Gasteiger partial charge in [0.25, 0.3) is 0 Å². The highest BCUT2D eigenvalue weighted by Gasteiger charge is 2.43. The van der Waals surface area contributed by atoms with Crippen LogP contribution in [0.1, 0.15) is 24.1 Å². The van der Waals surface area contributed by atoms with Crippen molar-refractivity contribution in [3.05, 3.63) is 41.0 Å². The quantitative estimate of drug-likeness (QED) is 0.934. The van der Waals surface area contributed by atoms with E-state index in [-0.39, 0.29) is 5.60 Å². The average Bonchev–Trinajstić information content (AvgIpc) is 3.19. The highest BCUT2D eigenvalue weighted by molar-refractivity contribution is 7.09. The Labute approximate surface area is 140 Å². The van der Waals surface area contributed by atoms with Gasteiger partial charge >= 0.3 is 0 Å². The topological polar surface area (TPSA) is 50.3 Å². The maximum Gasteiger partial charge on any atom is 0.144 e. The van der Waals surface area contributed by atoms with E-state index in [4.69, 9.17) is 4.74 Å². The molecule has 2 fully saturated rings. The highest BCUT2D eigenvalue weighted by atomic mass is 32.1. The zero-order valence-electron chi connectivity index (χ0n) is 13.1. The van der Waals surface area contributed by atoms with E-state index in [1.165, 1.54) is 17.8 Å². The van der Waals surface area contributed by atoms with Gasteiger partial charge in [0.1, 0.15) is 5.82 Å². The lowest BCUT2D eigenvalue weighted by atomic mass is 9.88. The highest BCUT2D eigenvalue weighted by Crippen LogP contribution is 2.36. The summed E-state index contributed by atoms with van der Waals surface area (Å²) in [5.74, 6) is 0.837. The van der Waals surface area contributed by atoms with Crippen LogP contribution >= 0.6 is 11.3 Å². The average molecular weight is 330 g/mol. The summed E-state index contributed by atoms with van der Waals surface area (Å²) in [5.41, 5.74) is 0.00931. The molecule has 122 valence electrons. The predicted molar refractivity (Wildman–Crippen MR) is 91.6 cm³/mol. The minimum atomic E-state index is 0.00931. The van der Waals surface area contributed by atoms with Gasteiger partial charge in [0.2, 0.25) is 0 Å². The van der Waals surface area contributed by atoms with E-state index in [1.807, 2.05) is 11.3 Å². The molecule has 0 radical (unpaired) electrons. The lowest BCUT2D eigenvalue weighted by Gasteiger charge is -2.39. The smallest absolute Gasteiger partial charge is 0.144 e. The first-order valence-electron chi connectivity index (χ1n) is 8.23. The second-order valence-corrected chi connectivity index (χ2v) is 7.56. The van der Waals surface area contributed by atoms with Crippen LogP contribution in [0.25, 0.3) is 0 Å². The normalized spacial score (nSPS) is 28.3. The molecule has 4 heterocycles. The van der Waals surface area contributed by atoms with E-state index in [2.05, 4.69) is 37.7 Å². The van der Waals surface area contributed by atoms with Crippen molar-refractivity contribution in [2.75, 3.05) is 25.0 Å². The third-order valence-electron chi connectivity index (χ3n) is 4.70. The molecule has 2 saturated heterocycles. The first kappa shape index (κ1) is 15.1. The maximum atomic E-state index is 6.27. The van der Waals surface area contributed by atoms with Crippen LogP contribution in [0, 0.1) is 0 Å². The number of nitrogens with one attached hydrogen (secondary N) is 1. The fraction of sp³-hybridized carbons (Fsp3) is 0.529. The molecule has 0 aromatic carbocycles. The summed E-state index contributed by atoms with van der Waals surface area (Å²) in [5, 5.41) is 5.61. The first-order valence-corrected chi connectivity index (χ1v) is 9.11. The molecule has 0 aliphatic carbocycles. The number of likely N-dealkylation sites (tertiary alicyclic amines) is 1. The number of hydrogen-bond donors (Lipinski definition) is 1. The number of aromatic nitrogens is 2. The van der Waals surface area contributed by atoms with Crippen molar-refractivity contribution in [2.24, 2.45) is 0 Å². The Morgan fingerprint density at radius 2 is 2.43 bits per heavy atom. The SMILES string of the molecule is c1csc(CN2CCC[C@]3(C[C@H](Nc4cnccn4)CO3)C2)c1. The minimum Gasteiger partial charge on any atom is -0.371 e. The van der Waals surface area contributed by atoms with Crippen LogP contribution < -0.4 is 5.32 Å². The molecule has 0 saturated carbocycles. The summed E-state index contributed by atoms with van der Waals surface area (Å²) in [4.78, 5) is 12.4. The molecule has 2 atom stereocenters. The van der Waals surface area contributed by atoms with Crippen LogP contribution in [-0.2, 0) is 11.3 Å². The number of rotatable bonds is 4. The number of ether oxygens (including phenoxy) is 1. The number of hydrogen-bond acceptors (Lipinski definition) is 6. The maximum absolute atomic E-state index is 6.27. The number of thiophene rings is 1. The van der Waals surface area contributed by atoms with Gasteiger partial charge in [-0.25, -0.2) is 4.98 Å². The summed E-state index contributed by atoms with van der Waals surface area (Å²) in [6.45, 7) is 4.00. The molecule has 1 spiro atoms. The van der Waals surface area contributed by atoms with Gasteiger partial charge in [-0.05, 0) is 30.8 Å². The largest absolute Gasteiger partial charge is 0.371 e. The first-order chi connectivity index (χ1) is 11.3. The Hall–Kier alpha value is -1.50. The Kier molecular flexibility index (Phi) is 4.29. The molecule has 5 nitrogen and oxygen atoms in total. The molecule has 0 bridgehead atoms. The van der Waals surface area contributed by atoms with Gasteiger partial charge in [0.15, 0.2) is 0 Å². The fourth-order valence-electron chi connectivity index (χ4n) is 3.75. The summed E-state index contributed by atoms with van der Waals surface area (Å²) in [6, 6.07) is 4.68. The summed E-state index contributed by atoms with van der Waals surface area (Å²) in [7, 11) is 0. The molecule has 23 heavy (non-hydrogen) atoms. The third kappa shape index (κ3) is 3.54. The molecule has 1 N–H and O–H groups in total. The minimum absolute atomic E-state index is 0.00931. The number of anilines is 1. The van der Waals surface area contributed by atoms with Gasteiger partial charge in [-0.15, -0.1) is 11.3 Å². The van der Waals surface area contributed by atoms with Crippen molar-refractivity contribution in [3.8, 4) is 0 Å². The summed E-state index contributed by atoms with van der Waals surface area (Å²) in [6.07, 6.45) is 8.61. The van der Waals surface area contributed by atoms with Crippen molar-refractivity contribution in [1.29, 1.82) is 0 Å². The third-order valence-corrected chi connectivity index (χ3v) is 5.56. The number of nitrogens with zero attached hydrogens (tertiary/aromatic N) is 3. The van der Waals surface area contributed by atoms with Gasteiger partial charge in [-0.3, -0.25) is 9.88 Å². The zero-order valence-corrected chi connectivity index (χ0v) is 14.0. The monoisotopic (exact) mass is 330 g/mol. The van der Waals surface area contributed by atoms with Crippen molar-refractivity contribution in [2.45, 2.75) is 37.5 Å². The molecule has 2 aliphatic rings. The van der Waals surface area contributed by atoms with Crippen molar-refractivity contribution < 1.29 is 4.74 Å². The molecule has 2 aromatic heterocycles. The van der Waals surface area contributed by atoms with E-state index in [0.29, 0.717) is 6.04 Å². The summed E-state index contributed by atoms with van der Waals surface area (Å²) < 4.78 is 6.27.